The summed E-state index contributed by atoms with van der Waals surface area (Å²) in [6, 6.07) is 10.8. The van der Waals surface area contributed by atoms with Crippen molar-refractivity contribution < 1.29 is 14.8 Å². The second kappa shape index (κ2) is 5.65. The van der Waals surface area contributed by atoms with Gasteiger partial charge in [0.1, 0.15) is 0 Å². The average Bonchev–Trinajstić information content (AvgIpc) is 2.98. The Hall–Kier alpha value is -0.596. The number of aromatic amines is 1. The molecule has 1 heterocycles. The van der Waals surface area contributed by atoms with E-state index in [9.17, 15) is 0 Å². The van der Waals surface area contributed by atoms with E-state index in [1.807, 2.05) is 0 Å². The molecule has 108 valence electrons. The van der Waals surface area contributed by atoms with Gasteiger partial charge in [0, 0.05) is 0 Å². The molecule has 0 saturated heterocycles. The van der Waals surface area contributed by atoms with Gasteiger partial charge in [0.05, 0.1) is 0 Å². The number of rotatable bonds is 2. The van der Waals surface area contributed by atoms with Gasteiger partial charge in [-0.25, -0.2) is 0 Å². The van der Waals surface area contributed by atoms with Crippen LogP contribution in [0, 0.1) is 0 Å². The second-order valence-corrected chi connectivity index (χ2v) is 16.5. The van der Waals surface area contributed by atoms with Gasteiger partial charge in [0.2, 0.25) is 0 Å². The third-order valence-corrected chi connectivity index (χ3v) is 11.1. The molecule has 1 aromatic carbocycles. The molecule has 1 nitrogen and oxygen atoms in total. The quantitative estimate of drug-likeness (QED) is 0.759. The predicted molar refractivity (Wildman–Crippen MR) is 93.1 cm³/mol. The van der Waals surface area contributed by atoms with Crippen LogP contribution in [0.3, 0.4) is 0 Å². The summed E-state index contributed by atoms with van der Waals surface area (Å²) in [6.07, 6.45) is 7.75. The molecule has 3 rings (SSSR count). The summed E-state index contributed by atoms with van der Waals surface area (Å²) in [5.41, 5.74) is 1.22. The van der Waals surface area contributed by atoms with E-state index < -0.39 is 14.8 Å². The van der Waals surface area contributed by atoms with Crippen LogP contribution in [0.1, 0.15) is 6.42 Å². The molecule has 2 aromatic rings. The molecule has 0 bridgehead atoms. The summed E-state index contributed by atoms with van der Waals surface area (Å²) in [5, 5.41) is 6.07. The van der Waals surface area contributed by atoms with Crippen LogP contribution in [0.5, 0.6) is 0 Å². The van der Waals surface area contributed by atoms with E-state index in [0.717, 1.165) is 6.42 Å². The third-order valence-electron chi connectivity index (χ3n) is 4.19. The van der Waals surface area contributed by atoms with Crippen LogP contribution in [0.4, 0.5) is 0 Å². The van der Waals surface area contributed by atoms with Crippen molar-refractivity contribution in [2.75, 3.05) is 0 Å². The minimum absolute atomic E-state index is 0. The molecular weight excluding hydrogens is 325 g/mol. The van der Waals surface area contributed by atoms with Gasteiger partial charge in [0.25, 0.3) is 0 Å². The summed E-state index contributed by atoms with van der Waals surface area (Å²) >= 11 is -2.97. The summed E-state index contributed by atoms with van der Waals surface area (Å²) in [6.45, 7) is 0. The van der Waals surface area contributed by atoms with Gasteiger partial charge in [0.15, 0.2) is 0 Å². The summed E-state index contributed by atoms with van der Waals surface area (Å²) in [5.74, 6) is 0. The molecule has 1 aromatic heterocycles. The number of allylic oxidation sites excluding steroid dienone is 4. The van der Waals surface area contributed by atoms with E-state index in [4.69, 9.17) is 4.82 Å². The molecule has 0 spiro atoms. The molecule has 0 atom stereocenters. The van der Waals surface area contributed by atoms with Crippen LogP contribution in [-0.4, -0.2) is 9.80 Å². The normalized spacial score (nSPS) is 14.7. The average molecular weight is 346 g/mol. The van der Waals surface area contributed by atoms with Gasteiger partial charge in [-0.3, -0.25) is 0 Å². The Morgan fingerprint density at radius 1 is 1.15 bits per heavy atom. The van der Waals surface area contributed by atoms with Crippen molar-refractivity contribution in [2.45, 2.75) is 16.9 Å². The fourth-order valence-electron chi connectivity index (χ4n) is 2.72. The van der Waals surface area contributed by atoms with Gasteiger partial charge in [-0.2, -0.15) is 0 Å². The van der Waals surface area contributed by atoms with Crippen LogP contribution in [-0.2, 0) is 14.8 Å². The van der Waals surface area contributed by atoms with Crippen molar-refractivity contribution >= 4 is 44.5 Å². The monoisotopic (exact) mass is 345 g/mol. The molecular formula is C16H21Cl2NTi. The van der Waals surface area contributed by atoms with Crippen LogP contribution >= 0.6 is 24.8 Å². The van der Waals surface area contributed by atoms with Crippen molar-refractivity contribution in [1.82, 2.24) is 4.98 Å². The first-order chi connectivity index (χ1) is 8.46. The standard InChI is InChI=1S/C8H6N.C5H5.2CH3.CH2.2ClH.Ti/c1-2-4-8-7(3-1)5-6-9-8;1-2-4-5-3-1;;;;;;/h1-5,9H;1-3H,4H2;2*1H3;1H2;2*1H;. The van der Waals surface area contributed by atoms with Crippen LogP contribution in [0.25, 0.3) is 10.9 Å². The second-order valence-electron chi connectivity index (χ2n) is 6.28. The number of hydrogen-bond acceptors (Lipinski definition) is 0. The number of fused-ring (bicyclic) bond motifs is 1. The maximum absolute atomic E-state index is 4.70. The Balaban J connectivity index is 0.000001000. The van der Waals surface area contributed by atoms with Crippen LogP contribution < -0.4 is 4.00 Å². The number of para-hydroxylation sites is 1. The van der Waals surface area contributed by atoms with Crippen molar-refractivity contribution in [3.05, 3.63) is 52.4 Å². The van der Waals surface area contributed by atoms with Gasteiger partial charge in [-0.15, -0.1) is 24.8 Å². The minimum atomic E-state index is -2.97. The van der Waals surface area contributed by atoms with Crippen LogP contribution in [0.2, 0.25) is 10.5 Å². The van der Waals surface area contributed by atoms with E-state index in [1.54, 1.807) is 3.88 Å². The zero-order valence-corrected chi connectivity index (χ0v) is 15.0. The molecule has 1 aliphatic carbocycles. The Morgan fingerprint density at radius 3 is 2.45 bits per heavy atom. The molecule has 0 radical (unpaired) electrons. The van der Waals surface area contributed by atoms with E-state index >= 15 is 0 Å². The van der Waals surface area contributed by atoms with Gasteiger partial charge < -0.3 is 0 Å². The number of aromatic nitrogens is 1. The number of hydrogen-bond donors (Lipinski definition) is 1. The Bertz CT molecular complexity index is 714. The van der Waals surface area contributed by atoms with E-state index in [1.165, 1.54) is 14.9 Å². The number of halogens is 2. The summed E-state index contributed by atoms with van der Waals surface area (Å²) in [4.78, 5) is 8.31. The summed E-state index contributed by atoms with van der Waals surface area (Å²) in [7, 11) is 0. The fourth-order valence-corrected chi connectivity index (χ4v) is 7.25. The molecule has 0 aliphatic heterocycles. The third kappa shape index (κ3) is 2.73. The maximum atomic E-state index is 4.70. The van der Waals surface area contributed by atoms with E-state index in [0.29, 0.717) is 0 Å². The van der Waals surface area contributed by atoms with Crippen molar-refractivity contribution in [3.8, 4) is 0 Å². The van der Waals surface area contributed by atoms with Gasteiger partial charge >= 0.3 is 109 Å². The Labute approximate surface area is 133 Å². The number of benzene rings is 1. The molecule has 0 amide bonds. The van der Waals surface area contributed by atoms with Crippen LogP contribution in [0.15, 0.2) is 52.4 Å². The fraction of sp³-hybridized carbons (Fsp3) is 0.188. The Kier molecular flexibility index (Phi) is 4.93. The number of nitrogens with one attached hydrogen (secondary N) is 1. The first-order valence-electron chi connectivity index (χ1n) is 6.48. The first kappa shape index (κ1) is 17.5. The van der Waals surface area contributed by atoms with Gasteiger partial charge in [-0.1, -0.05) is 0 Å². The van der Waals surface area contributed by atoms with Crippen molar-refractivity contribution in [3.63, 3.8) is 0 Å². The molecule has 1 aliphatic rings. The van der Waals surface area contributed by atoms with Gasteiger partial charge in [-0.05, 0) is 0 Å². The van der Waals surface area contributed by atoms with Crippen molar-refractivity contribution in [2.24, 2.45) is 0 Å². The van der Waals surface area contributed by atoms with Crippen molar-refractivity contribution in [1.29, 1.82) is 0 Å². The van der Waals surface area contributed by atoms with E-state index in [2.05, 4.69) is 64.0 Å². The van der Waals surface area contributed by atoms with E-state index in [-0.39, 0.29) is 24.8 Å². The molecule has 1 N–H and O–H groups in total. The summed E-state index contributed by atoms with van der Waals surface area (Å²) < 4.78 is 2.90. The molecule has 0 saturated carbocycles. The number of H-pyrrole nitrogens is 1. The topological polar surface area (TPSA) is 15.8 Å². The molecule has 0 unspecified atom stereocenters. The molecule has 20 heavy (non-hydrogen) atoms. The SMILES string of the molecule is Cl.Cl.[CH2]=[Ti]([CH3])([CH3])([C]1=CC=CC1)[c]1cc2ccccc2[nH]1. The molecule has 4 heteroatoms. The Morgan fingerprint density at radius 2 is 1.85 bits per heavy atom. The predicted octanol–water partition coefficient (Wildman–Crippen LogP) is 4.70. The molecule has 0 fully saturated rings. The zero-order chi connectivity index (χ0) is 12.8. The zero-order valence-electron chi connectivity index (χ0n) is 11.8. The first-order valence-corrected chi connectivity index (χ1v) is 12.3.